The molecule has 0 amide bonds. The van der Waals surface area contributed by atoms with Crippen LogP contribution in [0, 0.1) is 11.8 Å². The summed E-state index contributed by atoms with van der Waals surface area (Å²) in [6.45, 7) is 5.78. The van der Waals surface area contributed by atoms with E-state index in [-0.39, 0.29) is 0 Å². The van der Waals surface area contributed by atoms with Crippen LogP contribution < -0.4 is 5.32 Å². The molecule has 1 aromatic heterocycles. The molecule has 1 saturated carbocycles. The predicted molar refractivity (Wildman–Crippen MR) is 81.2 cm³/mol. The van der Waals surface area contributed by atoms with Crippen LogP contribution in [0.3, 0.4) is 0 Å². The maximum absolute atomic E-state index is 3.74. The second-order valence-corrected chi connectivity index (χ2v) is 6.85. The SMILES string of the molecule is CCNC(CCc1cccs1)C1CCCC(C)C1. The zero-order valence-corrected chi connectivity index (χ0v) is 12.6. The summed E-state index contributed by atoms with van der Waals surface area (Å²) >= 11 is 1.90. The van der Waals surface area contributed by atoms with Gasteiger partial charge in [0.2, 0.25) is 0 Å². The molecular weight excluding hydrogens is 238 g/mol. The highest BCUT2D eigenvalue weighted by molar-refractivity contribution is 7.09. The number of thiophene rings is 1. The van der Waals surface area contributed by atoms with Gasteiger partial charge in [0.05, 0.1) is 0 Å². The van der Waals surface area contributed by atoms with Crippen molar-refractivity contribution in [1.82, 2.24) is 5.32 Å². The van der Waals surface area contributed by atoms with Gasteiger partial charge in [-0.1, -0.05) is 32.8 Å². The number of hydrogen-bond acceptors (Lipinski definition) is 2. The summed E-state index contributed by atoms with van der Waals surface area (Å²) in [5.74, 6) is 1.85. The molecule has 0 bridgehead atoms. The molecule has 2 heteroatoms. The average Bonchev–Trinajstić information content (AvgIpc) is 2.87. The van der Waals surface area contributed by atoms with Crippen molar-refractivity contribution in [3.8, 4) is 0 Å². The minimum absolute atomic E-state index is 0.736. The Hall–Kier alpha value is -0.340. The van der Waals surface area contributed by atoms with Crippen LogP contribution in [0.15, 0.2) is 17.5 Å². The Morgan fingerprint density at radius 3 is 3.00 bits per heavy atom. The van der Waals surface area contributed by atoms with Crippen LogP contribution in [0.2, 0.25) is 0 Å². The Bertz CT molecular complexity index is 320. The summed E-state index contributed by atoms with van der Waals surface area (Å²) in [5, 5.41) is 5.93. The molecule has 0 aliphatic heterocycles. The van der Waals surface area contributed by atoms with Crippen molar-refractivity contribution in [2.75, 3.05) is 6.54 Å². The summed E-state index contributed by atoms with van der Waals surface area (Å²) in [6, 6.07) is 5.18. The molecule has 0 spiro atoms. The van der Waals surface area contributed by atoms with Gasteiger partial charge in [-0.15, -0.1) is 11.3 Å². The normalized spacial score (nSPS) is 26.1. The third-order valence-corrected chi connectivity index (χ3v) is 5.23. The lowest BCUT2D eigenvalue weighted by atomic mass is 9.77. The molecule has 18 heavy (non-hydrogen) atoms. The Morgan fingerprint density at radius 2 is 2.33 bits per heavy atom. The fourth-order valence-electron chi connectivity index (χ4n) is 3.37. The van der Waals surface area contributed by atoms with Crippen molar-refractivity contribution in [2.45, 2.75) is 58.4 Å². The summed E-state index contributed by atoms with van der Waals surface area (Å²) in [6.07, 6.45) is 8.31. The molecular formula is C16H27NS. The molecule has 3 unspecified atom stereocenters. The van der Waals surface area contributed by atoms with Gasteiger partial charge in [-0.05, 0) is 55.5 Å². The van der Waals surface area contributed by atoms with Gasteiger partial charge in [0.15, 0.2) is 0 Å². The van der Waals surface area contributed by atoms with Gasteiger partial charge < -0.3 is 5.32 Å². The van der Waals surface area contributed by atoms with E-state index >= 15 is 0 Å². The molecule has 1 aromatic rings. The number of hydrogen-bond donors (Lipinski definition) is 1. The standard InChI is InChI=1S/C16H27NS/c1-3-17-16(10-9-15-8-5-11-18-15)14-7-4-6-13(2)12-14/h5,8,11,13-14,16-17H,3-4,6-7,9-10,12H2,1-2H3. The van der Waals surface area contributed by atoms with Crippen LogP contribution in [0.1, 0.15) is 50.8 Å². The lowest BCUT2D eigenvalue weighted by molar-refractivity contribution is 0.217. The van der Waals surface area contributed by atoms with Gasteiger partial charge in [0, 0.05) is 10.9 Å². The van der Waals surface area contributed by atoms with E-state index in [2.05, 4.69) is 36.7 Å². The van der Waals surface area contributed by atoms with E-state index in [1.165, 1.54) is 38.5 Å². The third-order valence-electron chi connectivity index (χ3n) is 4.29. The highest BCUT2D eigenvalue weighted by Crippen LogP contribution is 2.32. The maximum Gasteiger partial charge on any atom is 0.00987 e. The minimum atomic E-state index is 0.736. The highest BCUT2D eigenvalue weighted by atomic mass is 32.1. The van der Waals surface area contributed by atoms with Gasteiger partial charge in [-0.3, -0.25) is 0 Å². The first-order valence-corrected chi connectivity index (χ1v) is 8.43. The van der Waals surface area contributed by atoms with E-state index in [9.17, 15) is 0 Å². The van der Waals surface area contributed by atoms with Crippen molar-refractivity contribution in [1.29, 1.82) is 0 Å². The second-order valence-electron chi connectivity index (χ2n) is 5.81. The number of aryl methyl sites for hydroxylation is 1. The smallest absolute Gasteiger partial charge is 0.00987 e. The zero-order valence-electron chi connectivity index (χ0n) is 11.8. The van der Waals surface area contributed by atoms with Gasteiger partial charge in [-0.2, -0.15) is 0 Å². The van der Waals surface area contributed by atoms with Crippen molar-refractivity contribution in [3.63, 3.8) is 0 Å². The molecule has 3 atom stereocenters. The van der Waals surface area contributed by atoms with E-state index in [0.717, 1.165) is 24.4 Å². The molecule has 1 nitrogen and oxygen atoms in total. The Morgan fingerprint density at radius 1 is 1.44 bits per heavy atom. The lowest BCUT2D eigenvalue weighted by Crippen LogP contribution is -2.38. The van der Waals surface area contributed by atoms with Gasteiger partial charge in [0.1, 0.15) is 0 Å². The Balaban J connectivity index is 1.86. The topological polar surface area (TPSA) is 12.0 Å². The number of nitrogens with one attached hydrogen (secondary N) is 1. The minimum Gasteiger partial charge on any atom is -0.314 e. The van der Waals surface area contributed by atoms with Crippen LogP contribution in [0.5, 0.6) is 0 Å². The fourth-order valence-corrected chi connectivity index (χ4v) is 4.09. The largest absolute Gasteiger partial charge is 0.314 e. The second kappa shape index (κ2) is 7.30. The molecule has 1 fully saturated rings. The maximum atomic E-state index is 3.74. The first kappa shape index (κ1) is 14.1. The van der Waals surface area contributed by atoms with Gasteiger partial charge >= 0.3 is 0 Å². The van der Waals surface area contributed by atoms with Gasteiger partial charge in [-0.25, -0.2) is 0 Å². The molecule has 1 heterocycles. The molecule has 2 rings (SSSR count). The lowest BCUT2D eigenvalue weighted by Gasteiger charge is -2.33. The first-order chi connectivity index (χ1) is 8.79. The van der Waals surface area contributed by atoms with Gasteiger partial charge in [0.25, 0.3) is 0 Å². The van der Waals surface area contributed by atoms with Crippen LogP contribution in [-0.2, 0) is 6.42 Å². The van der Waals surface area contributed by atoms with Crippen molar-refractivity contribution in [2.24, 2.45) is 11.8 Å². The molecule has 0 aromatic carbocycles. The van der Waals surface area contributed by atoms with Crippen LogP contribution in [0.25, 0.3) is 0 Å². The molecule has 1 aliphatic carbocycles. The van der Waals surface area contributed by atoms with E-state index < -0.39 is 0 Å². The summed E-state index contributed by atoms with van der Waals surface area (Å²) in [4.78, 5) is 1.54. The fraction of sp³-hybridized carbons (Fsp3) is 0.750. The van der Waals surface area contributed by atoms with E-state index in [1.807, 2.05) is 11.3 Å². The Labute approximate surface area is 116 Å². The average molecular weight is 265 g/mol. The van der Waals surface area contributed by atoms with Crippen molar-refractivity contribution in [3.05, 3.63) is 22.4 Å². The monoisotopic (exact) mass is 265 g/mol. The quantitative estimate of drug-likeness (QED) is 0.799. The Kier molecular flexibility index (Phi) is 5.71. The van der Waals surface area contributed by atoms with Crippen LogP contribution >= 0.6 is 11.3 Å². The summed E-state index contributed by atoms with van der Waals surface area (Å²) in [5.41, 5.74) is 0. The third kappa shape index (κ3) is 4.10. The predicted octanol–water partition coefficient (Wildman–Crippen LogP) is 4.49. The summed E-state index contributed by atoms with van der Waals surface area (Å²) in [7, 11) is 0. The van der Waals surface area contributed by atoms with E-state index in [1.54, 1.807) is 4.88 Å². The van der Waals surface area contributed by atoms with E-state index in [0.29, 0.717) is 0 Å². The number of rotatable bonds is 6. The molecule has 0 radical (unpaired) electrons. The highest BCUT2D eigenvalue weighted by Gasteiger charge is 2.25. The van der Waals surface area contributed by atoms with E-state index in [4.69, 9.17) is 0 Å². The molecule has 1 N–H and O–H groups in total. The van der Waals surface area contributed by atoms with Crippen LogP contribution in [-0.4, -0.2) is 12.6 Å². The van der Waals surface area contributed by atoms with Crippen molar-refractivity contribution >= 4 is 11.3 Å². The molecule has 0 saturated heterocycles. The van der Waals surface area contributed by atoms with Crippen LogP contribution in [0.4, 0.5) is 0 Å². The molecule has 102 valence electrons. The molecule has 1 aliphatic rings. The first-order valence-electron chi connectivity index (χ1n) is 7.55. The summed E-state index contributed by atoms with van der Waals surface area (Å²) < 4.78 is 0. The zero-order chi connectivity index (χ0) is 12.8. The van der Waals surface area contributed by atoms with Crippen molar-refractivity contribution < 1.29 is 0 Å².